The molecule has 0 aromatic heterocycles. The summed E-state index contributed by atoms with van der Waals surface area (Å²) in [5.74, 6) is 1.82. The van der Waals surface area contributed by atoms with Crippen LogP contribution in [-0.2, 0) is 16.4 Å². The van der Waals surface area contributed by atoms with Crippen molar-refractivity contribution in [3.63, 3.8) is 0 Å². The molecular weight excluding hydrogens is 342 g/mol. The van der Waals surface area contributed by atoms with Crippen molar-refractivity contribution in [2.75, 3.05) is 33.1 Å². The summed E-state index contributed by atoms with van der Waals surface area (Å²) < 4.78 is 42.4. The molecule has 0 bridgehead atoms. The number of ether oxygens (including phenoxy) is 3. The Morgan fingerprint density at radius 3 is 2.12 bits per heavy atom. The molecule has 0 unspecified atom stereocenters. The van der Waals surface area contributed by atoms with Gasteiger partial charge in [-0.2, -0.15) is 0 Å². The van der Waals surface area contributed by atoms with Crippen LogP contribution in [0.2, 0.25) is 0 Å². The summed E-state index contributed by atoms with van der Waals surface area (Å²) in [6.45, 7) is 0.400. The summed E-state index contributed by atoms with van der Waals surface area (Å²) in [6, 6.07) is 14.7. The minimum absolute atomic E-state index is 0.0456. The van der Waals surface area contributed by atoms with E-state index in [1.807, 2.05) is 30.3 Å². The van der Waals surface area contributed by atoms with Gasteiger partial charge in [0.05, 0.1) is 20.0 Å². The lowest BCUT2D eigenvalue weighted by Gasteiger charge is -2.11. The van der Waals surface area contributed by atoms with Crippen LogP contribution in [0.25, 0.3) is 0 Å². The molecule has 0 fully saturated rings. The van der Waals surface area contributed by atoms with Gasteiger partial charge in [-0.05, 0) is 12.0 Å². The highest BCUT2D eigenvalue weighted by molar-refractivity contribution is 7.89. The molecule has 0 spiro atoms. The predicted octanol–water partition coefficient (Wildman–Crippen LogP) is 2.24. The standard InChI is InChI=1S/C18H23NO5S/c1-22-16-12-17(23-2)14-18(13-16)24-10-9-19-25(20,21)11-8-15-6-4-3-5-7-15/h3-7,12-14,19H,8-11H2,1-2H3. The molecule has 0 aliphatic heterocycles. The van der Waals surface area contributed by atoms with Gasteiger partial charge >= 0.3 is 0 Å². The average Bonchev–Trinajstić information content (AvgIpc) is 2.64. The molecule has 1 N–H and O–H groups in total. The highest BCUT2D eigenvalue weighted by Crippen LogP contribution is 2.27. The first-order chi connectivity index (χ1) is 12.0. The predicted molar refractivity (Wildman–Crippen MR) is 97.0 cm³/mol. The molecule has 2 aromatic carbocycles. The minimum atomic E-state index is -3.34. The van der Waals surface area contributed by atoms with E-state index in [9.17, 15) is 8.42 Å². The van der Waals surface area contributed by atoms with Crippen molar-refractivity contribution in [1.82, 2.24) is 4.72 Å². The average molecular weight is 365 g/mol. The number of methoxy groups -OCH3 is 2. The number of benzene rings is 2. The van der Waals surface area contributed by atoms with Gasteiger partial charge in [0.15, 0.2) is 0 Å². The summed E-state index contributed by atoms with van der Waals surface area (Å²) in [4.78, 5) is 0. The van der Waals surface area contributed by atoms with Gasteiger partial charge in [-0.1, -0.05) is 30.3 Å². The van der Waals surface area contributed by atoms with Crippen LogP contribution < -0.4 is 18.9 Å². The maximum atomic E-state index is 12.0. The first kappa shape index (κ1) is 19.1. The highest BCUT2D eigenvalue weighted by Gasteiger charge is 2.10. The maximum Gasteiger partial charge on any atom is 0.212 e. The lowest BCUT2D eigenvalue weighted by atomic mass is 10.2. The number of nitrogens with one attached hydrogen (secondary N) is 1. The normalized spacial score (nSPS) is 11.1. The van der Waals surface area contributed by atoms with Crippen LogP contribution >= 0.6 is 0 Å². The molecule has 6 nitrogen and oxygen atoms in total. The monoisotopic (exact) mass is 365 g/mol. The number of sulfonamides is 1. The second-order valence-corrected chi connectivity index (χ2v) is 7.27. The molecule has 0 aliphatic carbocycles. The first-order valence-corrected chi connectivity index (χ1v) is 9.55. The van der Waals surface area contributed by atoms with E-state index in [2.05, 4.69) is 4.72 Å². The van der Waals surface area contributed by atoms with Crippen LogP contribution in [0.5, 0.6) is 17.2 Å². The number of rotatable bonds is 10. The Morgan fingerprint density at radius 2 is 1.52 bits per heavy atom. The highest BCUT2D eigenvalue weighted by atomic mass is 32.2. The number of aryl methyl sites for hydroxylation is 1. The van der Waals surface area contributed by atoms with Gasteiger partial charge in [0.25, 0.3) is 0 Å². The van der Waals surface area contributed by atoms with Gasteiger partial charge in [-0.25, -0.2) is 13.1 Å². The number of hydrogen-bond acceptors (Lipinski definition) is 5. The summed E-state index contributed by atoms with van der Waals surface area (Å²) in [6.07, 6.45) is 0.476. The fourth-order valence-electron chi connectivity index (χ4n) is 2.20. The molecule has 0 saturated carbocycles. The Morgan fingerprint density at radius 1 is 0.920 bits per heavy atom. The zero-order chi connectivity index (χ0) is 18.1. The van der Waals surface area contributed by atoms with Crippen molar-refractivity contribution in [2.45, 2.75) is 6.42 Å². The Balaban J connectivity index is 1.78. The van der Waals surface area contributed by atoms with Crippen LogP contribution in [0.15, 0.2) is 48.5 Å². The quantitative estimate of drug-likeness (QED) is 0.654. The van der Waals surface area contributed by atoms with Crippen molar-refractivity contribution in [3.05, 3.63) is 54.1 Å². The SMILES string of the molecule is COc1cc(OC)cc(OCCNS(=O)(=O)CCc2ccccc2)c1. The van der Waals surface area contributed by atoms with Crippen molar-refractivity contribution < 1.29 is 22.6 Å². The van der Waals surface area contributed by atoms with E-state index in [0.717, 1.165) is 5.56 Å². The Kier molecular flexibility index (Phi) is 7.09. The van der Waals surface area contributed by atoms with E-state index in [1.54, 1.807) is 32.4 Å². The van der Waals surface area contributed by atoms with Gasteiger partial charge in [0.1, 0.15) is 23.9 Å². The van der Waals surface area contributed by atoms with Crippen molar-refractivity contribution in [1.29, 1.82) is 0 Å². The maximum absolute atomic E-state index is 12.0. The van der Waals surface area contributed by atoms with Crippen molar-refractivity contribution >= 4 is 10.0 Å². The van der Waals surface area contributed by atoms with E-state index in [1.165, 1.54) is 0 Å². The fourth-order valence-corrected chi connectivity index (χ4v) is 3.24. The van der Waals surface area contributed by atoms with Gasteiger partial charge < -0.3 is 14.2 Å². The third-order valence-corrected chi connectivity index (χ3v) is 4.91. The molecule has 2 aromatic rings. The smallest absolute Gasteiger partial charge is 0.212 e. The Labute approximate surface area is 148 Å². The van der Waals surface area contributed by atoms with Gasteiger partial charge in [0, 0.05) is 24.7 Å². The van der Waals surface area contributed by atoms with Crippen molar-refractivity contribution in [2.24, 2.45) is 0 Å². The first-order valence-electron chi connectivity index (χ1n) is 7.89. The van der Waals surface area contributed by atoms with Crippen LogP contribution in [0.1, 0.15) is 5.56 Å². The molecule has 0 heterocycles. The molecule has 0 saturated heterocycles. The molecule has 0 atom stereocenters. The summed E-state index contributed by atoms with van der Waals surface area (Å²) in [5, 5.41) is 0. The van der Waals surface area contributed by atoms with Gasteiger partial charge in [-0.15, -0.1) is 0 Å². The second-order valence-electron chi connectivity index (χ2n) is 5.35. The zero-order valence-electron chi connectivity index (χ0n) is 14.4. The Hall–Kier alpha value is -2.25. The van der Waals surface area contributed by atoms with E-state index < -0.39 is 10.0 Å². The van der Waals surface area contributed by atoms with Gasteiger partial charge in [-0.3, -0.25) is 0 Å². The van der Waals surface area contributed by atoms with Crippen molar-refractivity contribution in [3.8, 4) is 17.2 Å². The zero-order valence-corrected chi connectivity index (χ0v) is 15.2. The fraction of sp³-hybridized carbons (Fsp3) is 0.333. The van der Waals surface area contributed by atoms with E-state index in [0.29, 0.717) is 23.7 Å². The molecule has 0 amide bonds. The lowest BCUT2D eigenvalue weighted by molar-refractivity contribution is 0.316. The molecular formula is C18H23NO5S. The van der Waals surface area contributed by atoms with Crippen LogP contribution in [-0.4, -0.2) is 41.5 Å². The number of hydrogen-bond donors (Lipinski definition) is 1. The largest absolute Gasteiger partial charge is 0.496 e. The third-order valence-electron chi connectivity index (χ3n) is 3.52. The van der Waals surface area contributed by atoms with Crippen LogP contribution in [0, 0.1) is 0 Å². The lowest BCUT2D eigenvalue weighted by Crippen LogP contribution is -2.31. The molecule has 136 valence electrons. The second kappa shape index (κ2) is 9.29. The summed E-state index contributed by atoms with van der Waals surface area (Å²) >= 11 is 0. The molecule has 0 aliphatic rings. The molecule has 0 radical (unpaired) electrons. The van der Waals surface area contributed by atoms with E-state index in [4.69, 9.17) is 14.2 Å². The third kappa shape index (κ3) is 6.64. The van der Waals surface area contributed by atoms with E-state index in [-0.39, 0.29) is 18.9 Å². The summed E-state index contributed by atoms with van der Waals surface area (Å²) in [5.41, 5.74) is 0.993. The molecule has 2 rings (SSSR count). The molecule has 7 heteroatoms. The van der Waals surface area contributed by atoms with Crippen LogP contribution in [0.4, 0.5) is 0 Å². The Bertz CT molecular complexity index is 740. The minimum Gasteiger partial charge on any atom is -0.496 e. The van der Waals surface area contributed by atoms with E-state index >= 15 is 0 Å². The molecule has 25 heavy (non-hydrogen) atoms. The summed E-state index contributed by atoms with van der Waals surface area (Å²) in [7, 11) is -0.229. The van der Waals surface area contributed by atoms with Crippen LogP contribution in [0.3, 0.4) is 0 Å². The van der Waals surface area contributed by atoms with Gasteiger partial charge in [0.2, 0.25) is 10.0 Å². The topological polar surface area (TPSA) is 73.9 Å².